The molecule has 1 N–H and O–H groups in total. The molecule has 0 spiro atoms. The molecule has 2 aromatic rings. The molecule has 1 amide bonds. The fourth-order valence-electron chi connectivity index (χ4n) is 4.69. The molecule has 1 aromatic carbocycles. The zero-order valence-corrected chi connectivity index (χ0v) is 18.5. The Morgan fingerprint density at radius 2 is 1.77 bits per heavy atom. The van der Waals surface area contributed by atoms with Gasteiger partial charge < -0.3 is 15.0 Å². The first-order chi connectivity index (χ1) is 15.1. The monoisotopic (exact) mass is 423 g/mol. The molecule has 0 saturated carbocycles. The summed E-state index contributed by atoms with van der Waals surface area (Å²) < 4.78 is 5.86. The average Bonchev–Trinajstić information content (AvgIpc) is 2.78. The minimum absolute atomic E-state index is 0.0364. The van der Waals surface area contributed by atoms with Gasteiger partial charge in [-0.05, 0) is 43.9 Å². The molecule has 2 aliphatic rings. The van der Waals surface area contributed by atoms with Gasteiger partial charge in [-0.25, -0.2) is 9.97 Å². The summed E-state index contributed by atoms with van der Waals surface area (Å²) in [5.74, 6) is 0.786. The first-order valence-electron chi connectivity index (χ1n) is 11.3. The van der Waals surface area contributed by atoms with Crippen LogP contribution in [0.15, 0.2) is 42.7 Å². The predicted octanol–water partition coefficient (Wildman–Crippen LogP) is 2.62. The second kappa shape index (κ2) is 10.2. The van der Waals surface area contributed by atoms with Crippen molar-refractivity contribution in [1.82, 2.24) is 20.2 Å². The SMILES string of the molecule is CC1CN(Cc2ccccc2CNC(=O)C2CCCN(c3ncccn3)C2)CC(C)O1. The Hall–Kier alpha value is -2.51. The zero-order valence-electron chi connectivity index (χ0n) is 18.5. The smallest absolute Gasteiger partial charge is 0.225 e. The van der Waals surface area contributed by atoms with Gasteiger partial charge >= 0.3 is 0 Å². The largest absolute Gasteiger partial charge is 0.373 e. The zero-order chi connectivity index (χ0) is 21.6. The molecular weight excluding hydrogens is 390 g/mol. The van der Waals surface area contributed by atoms with Gasteiger partial charge in [0.15, 0.2) is 0 Å². The van der Waals surface area contributed by atoms with Gasteiger partial charge in [-0.2, -0.15) is 0 Å². The third-order valence-corrected chi connectivity index (χ3v) is 6.09. The van der Waals surface area contributed by atoms with Crippen molar-refractivity contribution in [2.24, 2.45) is 5.92 Å². The first-order valence-corrected chi connectivity index (χ1v) is 11.3. The Bertz CT molecular complexity index is 852. The number of ether oxygens (including phenoxy) is 1. The van der Waals surface area contributed by atoms with E-state index < -0.39 is 0 Å². The first kappa shape index (κ1) is 21.7. The van der Waals surface area contributed by atoms with Gasteiger partial charge in [0.25, 0.3) is 0 Å². The highest BCUT2D eigenvalue weighted by atomic mass is 16.5. The van der Waals surface area contributed by atoms with Crippen LogP contribution in [0.3, 0.4) is 0 Å². The van der Waals surface area contributed by atoms with Crippen LogP contribution in [0.25, 0.3) is 0 Å². The van der Waals surface area contributed by atoms with E-state index >= 15 is 0 Å². The molecule has 4 rings (SSSR count). The molecule has 2 saturated heterocycles. The van der Waals surface area contributed by atoms with Crippen molar-refractivity contribution in [2.45, 2.75) is 52.0 Å². The van der Waals surface area contributed by atoms with Gasteiger partial charge in [0, 0.05) is 51.7 Å². The molecule has 7 heteroatoms. The number of piperidine rings is 1. The normalized spacial score (nSPS) is 24.7. The number of anilines is 1. The van der Waals surface area contributed by atoms with Gasteiger partial charge in [0.05, 0.1) is 18.1 Å². The quantitative estimate of drug-likeness (QED) is 0.770. The van der Waals surface area contributed by atoms with E-state index in [1.54, 1.807) is 12.4 Å². The molecular formula is C24H33N5O2. The summed E-state index contributed by atoms with van der Waals surface area (Å²) in [4.78, 5) is 26.2. The van der Waals surface area contributed by atoms with Crippen molar-refractivity contribution in [3.05, 3.63) is 53.9 Å². The Labute approximate surface area is 184 Å². The van der Waals surface area contributed by atoms with E-state index in [4.69, 9.17) is 4.74 Å². The van der Waals surface area contributed by atoms with E-state index in [-0.39, 0.29) is 24.0 Å². The van der Waals surface area contributed by atoms with E-state index in [2.05, 4.69) is 57.1 Å². The van der Waals surface area contributed by atoms with E-state index in [0.29, 0.717) is 19.0 Å². The van der Waals surface area contributed by atoms with Crippen molar-refractivity contribution in [3.63, 3.8) is 0 Å². The number of aromatic nitrogens is 2. The molecule has 7 nitrogen and oxygen atoms in total. The Balaban J connectivity index is 1.34. The number of hydrogen-bond acceptors (Lipinski definition) is 6. The van der Waals surface area contributed by atoms with Crippen LogP contribution in [0.4, 0.5) is 5.95 Å². The van der Waals surface area contributed by atoms with Gasteiger partial charge in [-0.15, -0.1) is 0 Å². The molecule has 0 bridgehead atoms. The lowest BCUT2D eigenvalue weighted by molar-refractivity contribution is -0.125. The molecule has 2 aliphatic heterocycles. The maximum absolute atomic E-state index is 12.9. The van der Waals surface area contributed by atoms with Crippen molar-refractivity contribution in [3.8, 4) is 0 Å². The highest BCUT2D eigenvalue weighted by Gasteiger charge is 2.27. The van der Waals surface area contributed by atoms with Crippen molar-refractivity contribution in [1.29, 1.82) is 0 Å². The lowest BCUT2D eigenvalue weighted by Crippen LogP contribution is -2.45. The van der Waals surface area contributed by atoms with E-state index in [1.807, 2.05) is 12.1 Å². The predicted molar refractivity (Wildman–Crippen MR) is 121 cm³/mol. The Kier molecular flexibility index (Phi) is 7.14. The van der Waals surface area contributed by atoms with Crippen LogP contribution in [0, 0.1) is 5.92 Å². The summed E-state index contributed by atoms with van der Waals surface area (Å²) in [6, 6.07) is 10.2. The second-order valence-corrected chi connectivity index (χ2v) is 8.77. The summed E-state index contributed by atoms with van der Waals surface area (Å²) in [6.45, 7) is 9.13. The fraction of sp³-hybridized carbons (Fsp3) is 0.542. The number of amides is 1. The lowest BCUT2D eigenvalue weighted by atomic mass is 9.97. The van der Waals surface area contributed by atoms with E-state index in [9.17, 15) is 4.79 Å². The third kappa shape index (κ3) is 5.80. The number of morpholine rings is 1. The Morgan fingerprint density at radius 1 is 1.06 bits per heavy atom. The van der Waals surface area contributed by atoms with Crippen LogP contribution in [-0.4, -0.2) is 59.2 Å². The molecule has 3 unspecified atom stereocenters. The highest BCUT2D eigenvalue weighted by Crippen LogP contribution is 2.21. The van der Waals surface area contributed by atoms with Crippen LogP contribution in [0.2, 0.25) is 0 Å². The number of benzene rings is 1. The number of carbonyl (C=O) groups excluding carboxylic acids is 1. The van der Waals surface area contributed by atoms with Gasteiger partial charge in [-0.1, -0.05) is 24.3 Å². The standard InChI is InChI=1S/C24H33N5O2/c1-18-14-28(15-19(2)31-18)16-21-8-4-3-7-20(21)13-27-23(30)22-9-5-12-29(17-22)24-25-10-6-11-26-24/h3-4,6-8,10-11,18-19,22H,5,9,12-17H2,1-2H3,(H,27,30). The van der Waals surface area contributed by atoms with Crippen LogP contribution in [-0.2, 0) is 22.6 Å². The van der Waals surface area contributed by atoms with Gasteiger partial charge in [-0.3, -0.25) is 9.69 Å². The second-order valence-electron chi connectivity index (χ2n) is 8.77. The van der Waals surface area contributed by atoms with Crippen molar-refractivity contribution < 1.29 is 9.53 Å². The number of rotatable bonds is 6. The maximum atomic E-state index is 12.9. The lowest BCUT2D eigenvalue weighted by Gasteiger charge is -2.35. The molecule has 3 heterocycles. The average molecular weight is 424 g/mol. The van der Waals surface area contributed by atoms with Gasteiger partial charge in [0.2, 0.25) is 11.9 Å². The number of carbonyl (C=O) groups is 1. The molecule has 31 heavy (non-hydrogen) atoms. The fourth-order valence-corrected chi connectivity index (χ4v) is 4.69. The minimum Gasteiger partial charge on any atom is -0.373 e. The number of nitrogens with one attached hydrogen (secondary N) is 1. The van der Waals surface area contributed by atoms with Gasteiger partial charge in [0.1, 0.15) is 0 Å². The molecule has 3 atom stereocenters. The van der Waals surface area contributed by atoms with E-state index in [1.165, 1.54) is 11.1 Å². The summed E-state index contributed by atoms with van der Waals surface area (Å²) >= 11 is 0. The topological polar surface area (TPSA) is 70.6 Å². The third-order valence-electron chi connectivity index (χ3n) is 6.09. The maximum Gasteiger partial charge on any atom is 0.225 e. The Morgan fingerprint density at radius 3 is 2.52 bits per heavy atom. The minimum atomic E-state index is -0.0364. The molecule has 0 radical (unpaired) electrons. The summed E-state index contributed by atoms with van der Waals surface area (Å²) in [5.41, 5.74) is 2.45. The summed E-state index contributed by atoms with van der Waals surface area (Å²) in [6.07, 6.45) is 5.87. The number of hydrogen-bond donors (Lipinski definition) is 1. The van der Waals surface area contributed by atoms with E-state index in [0.717, 1.165) is 39.0 Å². The van der Waals surface area contributed by atoms with Crippen LogP contribution < -0.4 is 10.2 Å². The number of nitrogens with zero attached hydrogens (tertiary/aromatic N) is 4. The van der Waals surface area contributed by atoms with Crippen molar-refractivity contribution in [2.75, 3.05) is 31.1 Å². The molecule has 2 fully saturated rings. The van der Waals surface area contributed by atoms with Crippen LogP contribution in [0.1, 0.15) is 37.8 Å². The van der Waals surface area contributed by atoms with Crippen LogP contribution in [0.5, 0.6) is 0 Å². The highest BCUT2D eigenvalue weighted by molar-refractivity contribution is 5.79. The van der Waals surface area contributed by atoms with Crippen LogP contribution >= 0.6 is 0 Å². The summed E-state index contributed by atoms with van der Waals surface area (Å²) in [5, 5.41) is 3.19. The molecule has 166 valence electrons. The molecule has 0 aliphatic carbocycles. The van der Waals surface area contributed by atoms with Crippen molar-refractivity contribution >= 4 is 11.9 Å². The summed E-state index contributed by atoms with van der Waals surface area (Å²) in [7, 11) is 0. The molecule has 1 aromatic heterocycles.